The van der Waals surface area contributed by atoms with Crippen LogP contribution in [0.1, 0.15) is 30.9 Å². The maximum absolute atomic E-state index is 13.6. The fourth-order valence-corrected chi connectivity index (χ4v) is 2.94. The molecule has 0 radical (unpaired) electrons. The van der Waals surface area contributed by atoms with Gasteiger partial charge in [-0.2, -0.15) is 0 Å². The first-order valence-corrected chi connectivity index (χ1v) is 6.99. The van der Waals surface area contributed by atoms with Crippen LogP contribution in [0.25, 0.3) is 0 Å². The molecule has 112 valence electrons. The third-order valence-corrected chi connectivity index (χ3v) is 4.03. The zero-order valence-corrected chi connectivity index (χ0v) is 11.4. The van der Waals surface area contributed by atoms with E-state index in [1.807, 2.05) is 10.8 Å². The second-order valence-corrected chi connectivity index (χ2v) is 5.35. The highest BCUT2D eigenvalue weighted by molar-refractivity contribution is 5.20. The van der Waals surface area contributed by atoms with E-state index in [0.29, 0.717) is 6.07 Å². The van der Waals surface area contributed by atoms with Crippen LogP contribution in [0.4, 0.5) is 13.2 Å². The van der Waals surface area contributed by atoms with E-state index in [0.717, 1.165) is 25.3 Å². The van der Waals surface area contributed by atoms with Gasteiger partial charge in [0, 0.05) is 42.7 Å². The molecule has 1 saturated carbocycles. The molecular formula is C15H16F3N3. The average Bonchev–Trinajstić information content (AvgIpc) is 3.11. The fourth-order valence-electron chi connectivity index (χ4n) is 2.94. The van der Waals surface area contributed by atoms with E-state index in [9.17, 15) is 13.2 Å². The molecule has 0 saturated heterocycles. The third-order valence-electron chi connectivity index (χ3n) is 4.03. The molecule has 0 aliphatic heterocycles. The smallest absolute Gasteiger partial charge is 0.161 e. The zero-order chi connectivity index (χ0) is 14.8. The Balaban J connectivity index is 1.68. The molecule has 2 unspecified atom stereocenters. The largest absolute Gasteiger partial charge is 0.333 e. The summed E-state index contributed by atoms with van der Waals surface area (Å²) in [6.07, 6.45) is 8.46. The number of nitrogens with one attached hydrogen (secondary N) is 1. The third kappa shape index (κ3) is 2.95. The number of hydrogen-bond acceptors (Lipinski definition) is 2. The minimum atomic E-state index is -1.16. The Kier molecular flexibility index (Phi) is 3.96. The zero-order valence-electron chi connectivity index (χ0n) is 11.4. The van der Waals surface area contributed by atoms with Crippen molar-refractivity contribution in [2.75, 3.05) is 0 Å². The lowest BCUT2D eigenvalue weighted by Crippen LogP contribution is -2.33. The molecule has 0 amide bonds. The number of hydrogen-bond donors (Lipinski definition) is 1. The predicted octanol–water partition coefficient (Wildman–Crippen LogP) is 3.18. The van der Waals surface area contributed by atoms with Crippen molar-refractivity contribution < 1.29 is 13.2 Å². The van der Waals surface area contributed by atoms with Gasteiger partial charge in [0.2, 0.25) is 0 Å². The number of aromatic nitrogens is 2. The van der Waals surface area contributed by atoms with Gasteiger partial charge in [-0.1, -0.05) is 0 Å². The van der Waals surface area contributed by atoms with Gasteiger partial charge in [0.25, 0.3) is 0 Å². The van der Waals surface area contributed by atoms with E-state index < -0.39 is 17.5 Å². The van der Waals surface area contributed by atoms with E-state index in [-0.39, 0.29) is 24.2 Å². The summed E-state index contributed by atoms with van der Waals surface area (Å²) < 4.78 is 41.7. The first kappa shape index (κ1) is 14.1. The molecule has 1 heterocycles. The lowest BCUT2D eigenvalue weighted by molar-refractivity contribution is 0.386. The van der Waals surface area contributed by atoms with Crippen LogP contribution in [0.5, 0.6) is 0 Å². The molecule has 0 spiro atoms. The lowest BCUT2D eigenvalue weighted by atomic mass is 10.1. The molecule has 2 aromatic rings. The van der Waals surface area contributed by atoms with Gasteiger partial charge in [-0.05, 0) is 25.3 Å². The van der Waals surface area contributed by atoms with Gasteiger partial charge >= 0.3 is 0 Å². The molecule has 2 atom stereocenters. The standard InChI is InChI=1S/C15H16F3N3/c16-11-7-13(18)12(17)6-10(11)8-20-14-2-1-3-15(14)21-5-4-19-9-21/h4-7,9,14-15,20H,1-3,8H2. The molecular weight excluding hydrogens is 279 g/mol. The number of imidazole rings is 1. The number of nitrogens with zero attached hydrogens (tertiary/aromatic N) is 2. The van der Waals surface area contributed by atoms with Crippen LogP contribution in [0.15, 0.2) is 30.9 Å². The van der Waals surface area contributed by atoms with Gasteiger partial charge in [-0.25, -0.2) is 18.2 Å². The summed E-state index contributed by atoms with van der Waals surface area (Å²) in [4.78, 5) is 4.04. The normalized spacial score (nSPS) is 21.9. The van der Waals surface area contributed by atoms with E-state index >= 15 is 0 Å². The van der Waals surface area contributed by atoms with Gasteiger partial charge in [-0.15, -0.1) is 0 Å². The van der Waals surface area contributed by atoms with Crippen molar-refractivity contribution in [2.45, 2.75) is 37.9 Å². The molecule has 0 bridgehead atoms. The van der Waals surface area contributed by atoms with E-state index in [2.05, 4.69) is 10.3 Å². The number of benzene rings is 1. The van der Waals surface area contributed by atoms with Crippen molar-refractivity contribution in [2.24, 2.45) is 0 Å². The average molecular weight is 295 g/mol. The van der Waals surface area contributed by atoms with Crippen molar-refractivity contribution in [3.63, 3.8) is 0 Å². The lowest BCUT2D eigenvalue weighted by Gasteiger charge is -2.22. The van der Waals surface area contributed by atoms with Gasteiger partial charge in [0.05, 0.1) is 6.33 Å². The van der Waals surface area contributed by atoms with Crippen molar-refractivity contribution in [3.05, 3.63) is 53.9 Å². The number of halogens is 3. The van der Waals surface area contributed by atoms with Crippen LogP contribution in [-0.4, -0.2) is 15.6 Å². The molecule has 1 aromatic carbocycles. The van der Waals surface area contributed by atoms with Crippen LogP contribution in [0.3, 0.4) is 0 Å². The molecule has 1 N–H and O–H groups in total. The van der Waals surface area contributed by atoms with Crippen LogP contribution >= 0.6 is 0 Å². The molecule has 3 rings (SSSR count). The Labute approximate surface area is 120 Å². The van der Waals surface area contributed by atoms with Gasteiger partial charge in [0.15, 0.2) is 11.6 Å². The van der Waals surface area contributed by atoms with Crippen LogP contribution in [-0.2, 0) is 6.54 Å². The Bertz CT molecular complexity index is 613. The van der Waals surface area contributed by atoms with Gasteiger partial charge < -0.3 is 9.88 Å². The quantitative estimate of drug-likeness (QED) is 0.878. The Hall–Kier alpha value is -1.82. The summed E-state index contributed by atoms with van der Waals surface area (Å²) in [5.74, 6) is -2.90. The maximum atomic E-state index is 13.6. The first-order chi connectivity index (χ1) is 10.1. The van der Waals surface area contributed by atoms with Crippen LogP contribution in [0, 0.1) is 17.5 Å². The van der Waals surface area contributed by atoms with E-state index in [1.54, 1.807) is 12.5 Å². The van der Waals surface area contributed by atoms with Crippen molar-refractivity contribution >= 4 is 0 Å². The van der Waals surface area contributed by atoms with Crippen molar-refractivity contribution in [1.82, 2.24) is 14.9 Å². The predicted molar refractivity (Wildman–Crippen MR) is 72.1 cm³/mol. The first-order valence-electron chi connectivity index (χ1n) is 6.99. The summed E-state index contributed by atoms with van der Waals surface area (Å²) >= 11 is 0. The molecule has 1 aliphatic carbocycles. The van der Waals surface area contributed by atoms with Crippen molar-refractivity contribution in [3.8, 4) is 0 Å². The summed E-state index contributed by atoms with van der Waals surface area (Å²) in [5, 5.41) is 3.25. The molecule has 1 aromatic heterocycles. The number of rotatable bonds is 4. The van der Waals surface area contributed by atoms with E-state index in [1.165, 1.54) is 0 Å². The topological polar surface area (TPSA) is 29.9 Å². The molecule has 21 heavy (non-hydrogen) atoms. The summed E-state index contributed by atoms with van der Waals surface area (Å²) in [6.45, 7) is 0.179. The minimum absolute atomic E-state index is 0.144. The van der Waals surface area contributed by atoms with Gasteiger partial charge in [-0.3, -0.25) is 0 Å². The van der Waals surface area contributed by atoms with Crippen LogP contribution < -0.4 is 5.32 Å². The minimum Gasteiger partial charge on any atom is -0.333 e. The highest BCUT2D eigenvalue weighted by atomic mass is 19.2. The SMILES string of the molecule is Fc1cc(F)c(CNC2CCCC2n2ccnc2)cc1F. The highest BCUT2D eigenvalue weighted by Gasteiger charge is 2.28. The fraction of sp³-hybridized carbons (Fsp3) is 0.400. The Morgan fingerprint density at radius 3 is 2.71 bits per heavy atom. The summed E-state index contributed by atoms with van der Waals surface area (Å²) in [7, 11) is 0. The molecule has 1 aliphatic rings. The highest BCUT2D eigenvalue weighted by Crippen LogP contribution is 2.30. The van der Waals surface area contributed by atoms with Gasteiger partial charge in [0.1, 0.15) is 5.82 Å². The summed E-state index contributed by atoms with van der Waals surface area (Å²) in [5.41, 5.74) is 0.144. The second kappa shape index (κ2) is 5.89. The Morgan fingerprint density at radius 2 is 1.95 bits per heavy atom. The van der Waals surface area contributed by atoms with Crippen LogP contribution in [0.2, 0.25) is 0 Å². The molecule has 3 nitrogen and oxygen atoms in total. The molecule has 6 heteroatoms. The Morgan fingerprint density at radius 1 is 1.14 bits per heavy atom. The van der Waals surface area contributed by atoms with Crippen molar-refractivity contribution in [1.29, 1.82) is 0 Å². The van der Waals surface area contributed by atoms with E-state index in [4.69, 9.17) is 0 Å². The maximum Gasteiger partial charge on any atom is 0.161 e. The summed E-state index contributed by atoms with van der Waals surface area (Å²) in [6, 6.07) is 1.94. The molecule has 1 fully saturated rings. The monoisotopic (exact) mass is 295 g/mol. The second-order valence-electron chi connectivity index (χ2n) is 5.35.